The molecule has 0 aliphatic carbocycles. The highest BCUT2D eigenvalue weighted by atomic mass is 16.3. The van der Waals surface area contributed by atoms with Crippen LogP contribution in [-0.4, -0.2) is 21.9 Å². The normalized spacial score (nSPS) is 12.4. The molecule has 0 spiro atoms. The molecule has 0 fully saturated rings. The molecule has 112 valence electrons. The Hall–Kier alpha value is -2.17. The Balaban J connectivity index is 2.02. The van der Waals surface area contributed by atoms with E-state index in [1.807, 2.05) is 39.8 Å². The number of pyridine rings is 1. The summed E-state index contributed by atoms with van der Waals surface area (Å²) >= 11 is 0. The van der Waals surface area contributed by atoms with E-state index in [0.29, 0.717) is 17.9 Å². The van der Waals surface area contributed by atoms with Crippen LogP contribution in [0.5, 0.6) is 0 Å². The highest BCUT2D eigenvalue weighted by Gasteiger charge is 2.20. The van der Waals surface area contributed by atoms with Gasteiger partial charge in [0.2, 0.25) is 0 Å². The fourth-order valence-electron chi connectivity index (χ4n) is 2.20. The molecule has 0 bridgehead atoms. The summed E-state index contributed by atoms with van der Waals surface area (Å²) in [4.78, 5) is 20.6. The van der Waals surface area contributed by atoms with Crippen LogP contribution in [0.1, 0.15) is 54.2 Å². The third-order valence-electron chi connectivity index (χ3n) is 3.33. The molecule has 1 atom stereocenters. The number of carbonyl (C=O) groups excluding carboxylic acids is 1. The molecule has 2 rings (SSSR count). The van der Waals surface area contributed by atoms with E-state index >= 15 is 0 Å². The highest BCUT2D eigenvalue weighted by Crippen LogP contribution is 2.18. The molecule has 0 aromatic carbocycles. The number of nitrogens with one attached hydrogen (secondary N) is 1. The minimum atomic E-state index is -0.200. The topological polar surface area (TPSA) is 68.0 Å². The second-order valence-electron chi connectivity index (χ2n) is 5.57. The summed E-state index contributed by atoms with van der Waals surface area (Å²) in [5.74, 6) is 0.545. The maximum atomic E-state index is 12.3. The molecule has 2 aromatic heterocycles. The Labute approximate surface area is 124 Å². The number of hydrogen-bond acceptors (Lipinski definition) is 4. The molecule has 1 N–H and O–H groups in total. The minimum Gasteiger partial charge on any atom is -0.447 e. The van der Waals surface area contributed by atoms with E-state index in [1.165, 1.54) is 6.39 Å². The summed E-state index contributed by atoms with van der Waals surface area (Å²) in [6, 6.07) is 3.90. The second kappa shape index (κ2) is 6.52. The van der Waals surface area contributed by atoms with Crippen molar-refractivity contribution in [2.24, 2.45) is 0 Å². The first kappa shape index (κ1) is 15.2. The zero-order chi connectivity index (χ0) is 15.4. The van der Waals surface area contributed by atoms with E-state index in [-0.39, 0.29) is 17.9 Å². The number of nitrogens with zero attached hydrogens (tertiary/aromatic N) is 2. The number of carbonyl (C=O) groups is 1. The Morgan fingerprint density at radius 3 is 2.76 bits per heavy atom. The van der Waals surface area contributed by atoms with Gasteiger partial charge in [0, 0.05) is 30.3 Å². The van der Waals surface area contributed by atoms with Crippen LogP contribution in [0.2, 0.25) is 0 Å². The van der Waals surface area contributed by atoms with E-state index in [4.69, 9.17) is 4.42 Å². The predicted octanol–water partition coefficient (Wildman–Crippen LogP) is 2.86. The fraction of sp³-hybridized carbons (Fsp3) is 0.438. The minimum absolute atomic E-state index is 0.0252. The first-order chi connectivity index (χ1) is 9.99. The van der Waals surface area contributed by atoms with Crippen LogP contribution < -0.4 is 5.32 Å². The van der Waals surface area contributed by atoms with Crippen LogP contribution in [0, 0.1) is 6.92 Å². The van der Waals surface area contributed by atoms with Gasteiger partial charge in [0.25, 0.3) is 5.91 Å². The van der Waals surface area contributed by atoms with E-state index in [2.05, 4.69) is 15.3 Å². The Kier molecular flexibility index (Phi) is 4.73. The van der Waals surface area contributed by atoms with E-state index in [1.54, 1.807) is 6.20 Å². The molecular weight excluding hydrogens is 266 g/mol. The van der Waals surface area contributed by atoms with Gasteiger partial charge in [-0.05, 0) is 25.5 Å². The van der Waals surface area contributed by atoms with Gasteiger partial charge in [-0.3, -0.25) is 9.78 Å². The quantitative estimate of drug-likeness (QED) is 0.918. The van der Waals surface area contributed by atoms with Gasteiger partial charge < -0.3 is 9.73 Å². The molecule has 1 unspecified atom stereocenters. The fourth-order valence-corrected chi connectivity index (χ4v) is 2.20. The van der Waals surface area contributed by atoms with Gasteiger partial charge in [0.05, 0.1) is 0 Å². The first-order valence-corrected chi connectivity index (χ1v) is 7.13. The van der Waals surface area contributed by atoms with Crippen molar-refractivity contribution in [1.82, 2.24) is 15.3 Å². The smallest absolute Gasteiger partial charge is 0.273 e. The summed E-state index contributed by atoms with van der Waals surface area (Å²) < 4.78 is 5.28. The van der Waals surface area contributed by atoms with Gasteiger partial charge in [0.1, 0.15) is 5.76 Å². The molecule has 0 saturated carbocycles. The van der Waals surface area contributed by atoms with Gasteiger partial charge in [-0.25, -0.2) is 4.98 Å². The Bertz CT molecular complexity index is 619. The molecule has 0 radical (unpaired) electrons. The van der Waals surface area contributed by atoms with Crippen LogP contribution in [-0.2, 0) is 6.42 Å². The van der Waals surface area contributed by atoms with E-state index in [9.17, 15) is 4.79 Å². The summed E-state index contributed by atoms with van der Waals surface area (Å²) in [6.45, 7) is 7.92. The van der Waals surface area contributed by atoms with Crippen LogP contribution in [0.4, 0.5) is 0 Å². The summed E-state index contributed by atoms with van der Waals surface area (Å²) in [5.41, 5.74) is 2.49. The van der Waals surface area contributed by atoms with Crippen molar-refractivity contribution in [1.29, 1.82) is 0 Å². The third kappa shape index (κ3) is 3.68. The van der Waals surface area contributed by atoms with Crippen LogP contribution in [0.15, 0.2) is 29.1 Å². The molecule has 5 heteroatoms. The van der Waals surface area contributed by atoms with Crippen molar-refractivity contribution in [3.63, 3.8) is 0 Å². The number of oxazole rings is 1. The number of aromatic nitrogens is 2. The molecular formula is C16H21N3O2. The Morgan fingerprint density at radius 1 is 1.33 bits per heavy atom. The van der Waals surface area contributed by atoms with Crippen LogP contribution in [0.3, 0.4) is 0 Å². The lowest BCUT2D eigenvalue weighted by Crippen LogP contribution is -2.35. The standard InChI is InChI=1S/C16H21N3O2/c1-10(2)15-14(18-9-21-15)16(20)19-12(4)8-13-11(3)6-5-7-17-13/h5-7,9-10,12H,8H2,1-4H3,(H,19,20). The van der Waals surface area contributed by atoms with Gasteiger partial charge in [-0.1, -0.05) is 19.9 Å². The lowest BCUT2D eigenvalue weighted by Gasteiger charge is -2.14. The van der Waals surface area contributed by atoms with Crippen LogP contribution in [0.25, 0.3) is 0 Å². The number of hydrogen-bond donors (Lipinski definition) is 1. The zero-order valence-electron chi connectivity index (χ0n) is 12.9. The van der Waals surface area contributed by atoms with Crippen molar-refractivity contribution in [2.45, 2.75) is 46.1 Å². The maximum absolute atomic E-state index is 12.3. The van der Waals surface area contributed by atoms with Gasteiger partial charge in [0.15, 0.2) is 12.1 Å². The highest BCUT2D eigenvalue weighted by molar-refractivity contribution is 5.93. The molecule has 0 aliphatic heterocycles. The average Bonchev–Trinajstić information content (AvgIpc) is 2.91. The summed E-state index contributed by atoms with van der Waals surface area (Å²) in [7, 11) is 0. The van der Waals surface area contributed by atoms with E-state index < -0.39 is 0 Å². The summed E-state index contributed by atoms with van der Waals surface area (Å²) in [6.07, 6.45) is 3.77. The van der Waals surface area contributed by atoms with Crippen LogP contribution >= 0.6 is 0 Å². The van der Waals surface area contributed by atoms with Crippen molar-refractivity contribution in [3.05, 3.63) is 47.4 Å². The number of amides is 1. The molecule has 2 aromatic rings. The molecule has 21 heavy (non-hydrogen) atoms. The molecule has 1 amide bonds. The van der Waals surface area contributed by atoms with Crippen molar-refractivity contribution in [3.8, 4) is 0 Å². The average molecular weight is 287 g/mol. The first-order valence-electron chi connectivity index (χ1n) is 7.13. The zero-order valence-corrected chi connectivity index (χ0v) is 12.9. The molecule has 2 heterocycles. The maximum Gasteiger partial charge on any atom is 0.273 e. The monoisotopic (exact) mass is 287 g/mol. The van der Waals surface area contributed by atoms with Gasteiger partial charge in [-0.15, -0.1) is 0 Å². The van der Waals surface area contributed by atoms with Gasteiger partial charge in [-0.2, -0.15) is 0 Å². The van der Waals surface area contributed by atoms with E-state index in [0.717, 1.165) is 11.3 Å². The molecule has 0 aliphatic rings. The number of rotatable bonds is 5. The number of aryl methyl sites for hydroxylation is 1. The third-order valence-corrected chi connectivity index (χ3v) is 3.33. The molecule has 0 saturated heterocycles. The summed E-state index contributed by atoms with van der Waals surface area (Å²) in [5, 5.41) is 2.95. The van der Waals surface area contributed by atoms with Crippen molar-refractivity contribution >= 4 is 5.91 Å². The second-order valence-corrected chi connectivity index (χ2v) is 5.57. The Morgan fingerprint density at radius 2 is 2.10 bits per heavy atom. The SMILES string of the molecule is Cc1cccnc1CC(C)NC(=O)c1ncoc1C(C)C. The lowest BCUT2D eigenvalue weighted by atomic mass is 10.1. The largest absolute Gasteiger partial charge is 0.447 e. The molecule has 5 nitrogen and oxygen atoms in total. The van der Waals surface area contributed by atoms with Crippen molar-refractivity contribution in [2.75, 3.05) is 0 Å². The van der Waals surface area contributed by atoms with Gasteiger partial charge >= 0.3 is 0 Å². The predicted molar refractivity (Wildman–Crippen MR) is 80.2 cm³/mol. The lowest BCUT2D eigenvalue weighted by molar-refractivity contribution is 0.0933. The van der Waals surface area contributed by atoms with Crippen molar-refractivity contribution < 1.29 is 9.21 Å².